The van der Waals surface area contributed by atoms with E-state index in [-0.39, 0.29) is 39.8 Å². The highest BCUT2D eigenvalue weighted by Crippen LogP contribution is 2.51. The first-order valence-corrected chi connectivity index (χ1v) is 12.8. The van der Waals surface area contributed by atoms with Crippen LogP contribution in [0, 0.1) is 0 Å². The van der Waals surface area contributed by atoms with E-state index >= 15 is 0 Å². The minimum absolute atomic E-state index is 0.0894. The summed E-state index contributed by atoms with van der Waals surface area (Å²) in [5.74, 6) is -1.22. The SMILES string of the molecule is CC1CCCN1C(=O)c1nc(-c2noc(C(C)(C)O)n2)sc1-c1ccc(C(O)(C(F)(F)F)C(F)(F)F)cc1C(F)F. The molecule has 1 atom stereocenters. The van der Waals surface area contributed by atoms with E-state index in [2.05, 4.69) is 15.1 Å². The molecule has 0 aliphatic carbocycles. The van der Waals surface area contributed by atoms with Crippen LogP contribution in [0.4, 0.5) is 35.1 Å². The van der Waals surface area contributed by atoms with E-state index < -0.39 is 58.3 Å². The van der Waals surface area contributed by atoms with Gasteiger partial charge in [0.25, 0.3) is 23.8 Å². The maximum absolute atomic E-state index is 14.2. The van der Waals surface area contributed by atoms with Crippen LogP contribution in [-0.4, -0.2) is 61.1 Å². The molecule has 4 rings (SSSR count). The molecule has 1 aliphatic heterocycles. The molecule has 1 fully saturated rings. The van der Waals surface area contributed by atoms with Crippen LogP contribution in [-0.2, 0) is 11.2 Å². The van der Waals surface area contributed by atoms with Crippen LogP contribution in [0.2, 0.25) is 0 Å². The number of alkyl halides is 8. The fourth-order valence-electron chi connectivity index (χ4n) is 4.34. The largest absolute Gasteiger partial charge is 0.430 e. The molecule has 224 valence electrons. The van der Waals surface area contributed by atoms with Crippen LogP contribution >= 0.6 is 11.3 Å². The molecule has 8 nitrogen and oxygen atoms in total. The summed E-state index contributed by atoms with van der Waals surface area (Å²) in [7, 11) is 0. The van der Waals surface area contributed by atoms with Gasteiger partial charge >= 0.3 is 12.4 Å². The van der Waals surface area contributed by atoms with Crippen LogP contribution in [0.1, 0.15) is 67.5 Å². The van der Waals surface area contributed by atoms with Crippen molar-refractivity contribution in [2.24, 2.45) is 0 Å². The molecule has 1 amide bonds. The number of carbonyl (C=O) groups is 1. The Kier molecular flexibility index (Phi) is 7.71. The topological polar surface area (TPSA) is 113 Å². The molecule has 1 unspecified atom stereocenters. The zero-order chi connectivity index (χ0) is 30.7. The van der Waals surface area contributed by atoms with Crippen molar-refractivity contribution in [2.45, 2.75) is 69.6 Å². The summed E-state index contributed by atoms with van der Waals surface area (Å²) in [4.78, 5) is 22.8. The lowest BCUT2D eigenvalue weighted by atomic mass is 9.89. The minimum atomic E-state index is -6.30. The van der Waals surface area contributed by atoms with Crippen LogP contribution in [0.25, 0.3) is 21.3 Å². The summed E-state index contributed by atoms with van der Waals surface area (Å²) in [5.41, 5.74) is -11.2. The second-order valence-electron chi connectivity index (χ2n) is 9.98. The van der Waals surface area contributed by atoms with Crippen molar-refractivity contribution in [2.75, 3.05) is 6.54 Å². The van der Waals surface area contributed by atoms with Crippen LogP contribution in [0.5, 0.6) is 0 Å². The monoisotopic (exact) mass is 614 g/mol. The predicted octanol–water partition coefficient (Wildman–Crippen LogP) is 5.96. The van der Waals surface area contributed by atoms with Crippen LogP contribution in [0.15, 0.2) is 22.7 Å². The third-order valence-corrected chi connectivity index (χ3v) is 7.64. The Hall–Kier alpha value is -3.18. The van der Waals surface area contributed by atoms with E-state index in [1.165, 1.54) is 18.7 Å². The summed E-state index contributed by atoms with van der Waals surface area (Å²) in [6.07, 6.45) is -15.0. The van der Waals surface area contributed by atoms with E-state index in [1.807, 2.05) is 0 Å². The van der Waals surface area contributed by atoms with Gasteiger partial charge in [-0.3, -0.25) is 4.79 Å². The van der Waals surface area contributed by atoms with Gasteiger partial charge in [-0.05, 0) is 39.7 Å². The maximum Gasteiger partial charge on any atom is 0.430 e. The molecule has 0 radical (unpaired) electrons. The number of hydrogen-bond acceptors (Lipinski definition) is 8. The number of aliphatic hydroxyl groups is 2. The highest BCUT2D eigenvalue weighted by Gasteiger charge is 2.71. The summed E-state index contributed by atoms with van der Waals surface area (Å²) < 4.78 is 114. The molecule has 0 saturated carbocycles. The molecule has 17 heteroatoms. The fourth-order valence-corrected chi connectivity index (χ4v) is 5.37. The third kappa shape index (κ3) is 5.41. The Morgan fingerprint density at radius 2 is 1.73 bits per heavy atom. The lowest BCUT2D eigenvalue weighted by Gasteiger charge is -2.33. The van der Waals surface area contributed by atoms with Gasteiger partial charge < -0.3 is 19.6 Å². The number of hydrogen-bond donors (Lipinski definition) is 2. The fraction of sp³-hybridized carbons (Fsp3) is 0.500. The number of amides is 1. The molecule has 2 aromatic heterocycles. The van der Waals surface area contributed by atoms with Gasteiger partial charge in [-0.25, -0.2) is 13.8 Å². The normalized spacial score (nSPS) is 17.1. The number of carbonyl (C=O) groups excluding carboxylic acids is 1. The molecule has 2 N–H and O–H groups in total. The van der Waals surface area contributed by atoms with Crippen molar-refractivity contribution in [1.82, 2.24) is 20.0 Å². The van der Waals surface area contributed by atoms with E-state index in [4.69, 9.17) is 4.52 Å². The molecule has 0 bridgehead atoms. The Labute approximate surface area is 230 Å². The van der Waals surface area contributed by atoms with E-state index in [9.17, 15) is 50.1 Å². The molecule has 1 aliphatic rings. The zero-order valence-corrected chi connectivity index (χ0v) is 22.3. The van der Waals surface area contributed by atoms with Crippen molar-refractivity contribution < 1.29 is 54.7 Å². The van der Waals surface area contributed by atoms with Gasteiger partial charge in [0.05, 0.1) is 4.88 Å². The van der Waals surface area contributed by atoms with Gasteiger partial charge in [-0.2, -0.15) is 31.3 Å². The molecule has 3 aromatic rings. The maximum atomic E-state index is 14.2. The van der Waals surface area contributed by atoms with E-state index in [1.54, 1.807) is 6.92 Å². The molecule has 1 aromatic carbocycles. The van der Waals surface area contributed by atoms with Crippen molar-refractivity contribution >= 4 is 17.2 Å². The number of thiazole rings is 1. The van der Waals surface area contributed by atoms with Gasteiger partial charge in [0.15, 0.2) is 5.01 Å². The smallest absolute Gasteiger partial charge is 0.381 e. The first-order chi connectivity index (χ1) is 18.8. The number of benzene rings is 1. The Bertz CT molecular complexity index is 1430. The van der Waals surface area contributed by atoms with Crippen molar-refractivity contribution in [1.29, 1.82) is 0 Å². The summed E-state index contributed by atoms with van der Waals surface area (Å²) in [5, 5.41) is 23.4. The molecule has 3 heterocycles. The number of halogens is 8. The highest BCUT2D eigenvalue weighted by atomic mass is 32.1. The van der Waals surface area contributed by atoms with Gasteiger partial charge in [-0.1, -0.05) is 17.3 Å². The lowest BCUT2D eigenvalue weighted by molar-refractivity contribution is -0.376. The van der Waals surface area contributed by atoms with Crippen molar-refractivity contribution in [3.63, 3.8) is 0 Å². The molecule has 41 heavy (non-hydrogen) atoms. The van der Waals surface area contributed by atoms with Gasteiger partial charge in [0.1, 0.15) is 11.3 Å². The van der Waals surface area contributed by atoms with Crippen molar-refractivity contribution in [3.05, 3.63) is 40.9 Å². The number of rotatable bonds is 6. The summed E-state index contributed by atoms with van der Waals surface area (Å²) in [6.45, 7) is 4.70. The first kappa shape index (κ1) is 30.8. The number of aromatic nitrogens is 3. The Morgan fingerprint density at radius 1 is 1.10 bits per heavy atom. The second kappa shape index (κ2) is 10.3. The third-order valence-electron chi connectivity index (χ3n) is 6.55. The minimum Gasteiger partial charge on any atom is -0.381 e. The summed E-state index contributed by atoms with van der Waals surface area (Å²) >= 11 is 0.569. The molecule has 1 saturated heterocycles. The average molecular weight is 615 g/mol. The van der Waals surface area contributed by atoms with Crippen LogP contribution < -0.4 is 0 Å². The lowest BCUT2D eigenvalue weighted by Crippen LogP contribution is -2.54. The van der Waals surface area contributed by atoms with Gasteiger partial charge in [-0.15, -0.1) is 11.3 Å². The highest BCUT2D eigenvalue weighted by molar-refractivity contribution is 7.18. The molecular formula is C24H22F8N4O4S. The molecule has 0 spiro atoms. The van der Waals surface area contributed by atoms with Crippen LogP contribution in [0.3, 0.4) is 0 Å². The standard InChI is InChI=1S/C24H22F8N4O4S/c1-10-5-4-8-36(10)19(37)14-15(41-18(33-14)17-34-20(40-35-17)21(2,3)38)12-7-6-11(9-13(12)16(25)26)22(39,23(27,28)29)24(30,31)32/h6-7,9-10,16,38-39H,4-5,8H2,1-3H3. The molecular weight excluding hydrogens is 592 g/mol. The van der Waals surface area contributed by atoms with Crippen molar-refractivity contribution in [3.8, 4) is 21.3 Å². The predicted molar refractivity (Wildman–Crippen MR) is 127 cm³/mol. The first-order valence-electron chi connectivity index (χ1n) is 11.9. The quantitative estimate of drug-likeness (QED) is 0.330. The average Bonchev–Trinajstić information content (AvgIpc) is 3.60. The van der Waals surface area contributed by atoms with Gasteiger partial charge in [0, 0.05) is 29.3 Å². The second-order valence-corrected chi connectivity index (χ2v) is 11.0. The Morgan fingerprint density at radius 3 is 2.22 bits per heavy atom. The Balaban J connectivity index is 1.93. The van der Waals surface area contributed by atoms with Gasteiger partial charge in [0.2, 0.25) is 5.82 Å². The summed E-state index contributed by atoms with van der Waals surface area (Å²) in [6, 6.07) is 0.403. The zero-order valence-electron chi connectivity index (χ0n) is 21.4. The van der Waals surface area contributed by atoms with E-state index in [0.717, 1.165) is 0 Å². The number of likely N-dealkylation sites (tertiary alicyclic amines) is 1. The number of nitrogens with zero attached hydrogens (tertiary/aromatic N) is 4. The van der Waals surface area contributed by atoms with E-state index in [0.29, 0.717) is 36.8 Å².